The van der Waals surface area contributed by atoms with Gasteiger partial charge >= 0.3 is 12.3 Å². The molecule has 0 aromatic rings. The van der Waals surface area contributed by atoms with Gasteiger partial charge in [0, 0.05) is 19.8 Å². The molecule has 8 heteroatoms. The molecule has 0 unspecified atom stereocenters. The van der Waals surface area contributed by atoms with Gasteiger partial charge in [0.2, 0.25) is 0 Å². The monoisotopic (exact) mass is 256 g/mol. The zero-order chi connectivity index (χ0) is 11.8. The molecule has 0 saturated heterocycles. The lowest BCUT2D eigenvalue weighted by Gasteiger charge is -2.19. The minimum atomic E-state index is -1.62. The van der Waals surface area contributed by atoms with Crippen molar-refractivity contribution in [3.63, 3.8) is 0 Å². The molecule has 0 heterocycles. The molecule has 0 radical (unpaired) electrons. The van der Waals surface area contributed by atoms with Crippen LogP contribution in [-0.2, 0) is 4.74 Å². The van der Waals surface area contributed by atoms with Crippen LogP contribution in [-0.4, -0.2) is 53.6 Å². The summed E-state index contributed by atoms with van der Waals surface area (Å²) in [6.07, 6.45) is -0.340. The number of nitrogens with zero attached hydrogens (tertiary/aromatic N) is 2. The number of thioether (sulfide) groups is 1. The van der Waals surface area contributed by atoms with E-state index in [0.29, 0.717) is 22.2 Å². The van der Waals surface area contributed by atoms with Gasteiger partial charge in [-0.15, -0.1) is 4.39 Å². The molecular formula is C7H13FN2O3S2. The highest BCUT2D eigenvalue weighted by atomic mass is 32.2. The third-order valence-electron chi connectivity index (χ3n) is 1.26. The Morgan fingerprint density at radius 2 is 1.93 bits per heavy atom. The number of rotatable bonds is 5. The maximum atomic E-state index is 12.1. The molecule has 0 rings (SSSR count). The van der Waals surface area contributed by atoms with Gasteiger partial charge in [-0.05, 0) is 6.26 Å². The van der Waals surface area contributed by atoms with Crippen LogP contribution in [0.5, 0.6) is 0 Å². The van der Waals surface area contributed by atoms with Crippen molar-refractivity contribution in [1.82, 2.24) is 8.61 Å². The molecule has 0 aliphatic rings. The van der Waals surface area contributed by atoms with Gasteiger partial charge in [-0.25, -0.2) is 18.2 Å². The molecule has 0 saturated carbocycles. The summed E-state index contributed by atoms with van der Waals surface area (Å²) in [6, 6.07) is 0. The number of carbonyl (C=O) groups is 2. The van der Waals surface area contributed by atoms with Crippen LogP contribution in [0, 0.1) is 0 Å². The Kier molecular flexibility index (Phi) is 7.31. The second kappa shape index (κ2) is 7.63. The third-order valence-corrected chi connectivity index (χ3v) is 2.62. The summed E-state index contributed by atoms with van der Waals surface area (Å²) in [7, 11) is 2.62. The van der Waals surface area contributed by atoms with Crippen LogP contribution < -0.4 is 0 Å². The van der Waals surface area contributed by atoms with Crippen LogP contribution in [0.4, 0.5) is 14.0 Å². The third kappa shape index (κ3) is 6.45. The van der Waals surface area contributed by atoms with Crippen molar-refractivity contribution in [3.8, 4) is 0 Å². The molecule has 0 spiro atoms. The van der Waals surface area contributed by atoms with Gasteiger partial charge in [-0.3, -0.25) is 0 Å². The van der Waals surface area contributed by atoms with E-state index in [1.165, 1.54) is 14.1 Å². The van der Waals surface area contributed by atoms with Crippen LogP contribution in [0.15, 0.2) is 0 Å². The van der Waals surface area contributed by atoms with Crippen molar-refractivity contribution in [2.45, 2.75) is 0 Å². The molecule has 0 bridgehead atoms. The molecule has 2 amide bonds. The van der Waals surface area contributed by atoms with E-state index < -0.39 is 12.3 Å². The fourth-order valence-electron chi connectivity index (χ4n) is 0.552. The van der Waals surface area contributed by atoms with E-state index in [1.54, 1.807) is 11.8 Å². The molecule has 0 fully saturated rings. The van der Waals surface area contributed by atoms with E-state index in [9.17, 15) is 14.0 Å². The SMILES string of the molecule is CSCCOC(=O)N(C)SN(C)C(=O)F. The highest BCUT2D eigenvalue weighted by Crippen LogP contribution is 2.14. The zero-order valence-electron chi connectivity index (χ0n) is 8.73. The largest absolute Gasteiger partial charge is 0.448 e. The fourth-order valence-corrected chi connectivity index (χ4v) is 1.35. The van der Waals surface area contributed by atoms with Gasteiger partial charge in [-0.2, -0.15) is 11.8 Å². The van der Waals surface area contributed by atoms with Crippen molar-refractivity contribution in [1.29, 1.82) is 0 Å². The number of ether oxygens (including phenoxy) is 1. The minimum Gasteiger partial charge on any atom is -0.448 e. The standard InChI is InChI=1S/C7H13FN2O3S2/c1-9(6(8)11)15-10(2)7(12)13-4-5-14-3/h4-5H2,1-3H3. The molecular weight excluding hydrogens is 243 g/mol. The highest BCUT2D eigenvalue weighted by molar-refractivity contribution is 7.98. The van der Waals surface area contributed by atoms with E-state index >= 15 is 0 Å². The lowest BCUT2D eigenvalue weighted by atomic mass is 10.8. The van der Waals surface area contributed by atoms with Crippen LogP contribution in [0.25, 0.3) is 0 Å². The number of halogens is 1. The van der Waals surface area contributed by atoms with Crippen LogP contribution in [0.2, 0.25) is 0 Å². The molecule has 15 heavy (non-hydrogen) atoms. The van der Waals surface area contributed by atoms with Crippen LogP contribution >= 0.6 is 23.9 Å². The molecule has 0 aromatic carbocycles. The molecule has 0 aliphatic carbocycles. The Bertz CT molecular complexity index is 230. The number of amides is 2. The van der Waals surface area contributed by atoms with Gasteiger partial charge in [0.15, 0.2) is 0 Å². The molecule has 5 nitrogen and oxygen atoms in total. The van der Waals surface area contributed by atoms with Gasteiger partial charge < -0.3 is 4.74 Å². The first-order valence-corrected chi connectivity index (χ1v) is 6.12. The van der Waals surface area contributed by atoms with E-state index in [1.807, 2.05) is 6.26 Å². The predicted octanol–water partition coefficient (Wildman–Crippen LogP) is 2.00. The molecule has 0 N–H and O–H groups in total. The van der Waals surface area contributed by atoms with Gasteiger partial charge in [0.25, 0.3) is 0 Å². The zero-order valence-corrected chi connectivity index (χ0v) is 10.4. The highest BCUT2D eigenvalue weighted by Gasteiger charge is 2.16. The Balaban J connectivity index is 3.83. The minimum absolute atomic E-state index is 0.290. The second-order valence-electron chi connectivity index (χ2n) is 2.44. The van der Waals surface area contributed by atoms with Crippen LogP contribution in [0.3, 0.4) is 0 Å². The number of hydrogen-bond donors (Lipinski definition) is 0. The second-order valence-corrected chi connectivity index (χ2v) is 4.68. The maximum absolute atomic E-state index is 12.1. The number of hydrogen-bond acceptors (Lipinski definition) is 5. The Labute approximate surface area is 96.6 Å². The summed E-state index contributed by atoms with van der Waals surface area (Å²) in [6.45, 7) is 0.290. The molecule has 0 aromatic heterocycles. The first-order valence-electron chi connectivity index (χ1n) is 3.99. The van der Waals surface area contributed by atoms with Crippen molar-refractivity contribution in [2.24, 2.45) is 0 Å². The Morgan fingerprint density at radius 1 is 1.33 bits per heavy atom. The first-order chi connectivity index (χ1) is 6.99. The summed E-state index contributed by atoms with van der Waals surface area (Å²) in [5, 5.41) is 0. The van der Waals surface area contributed by atoms with Crippen molar-refractivity contribution >= 4 is 36.2 Å². The molecule has 88 valence electrons. The van der Waals surface area contributed by atoms with E-state index in [2.05, 4.69) is 0 Å². The molecule has 0 atom stereocenters. The summed E-state index contributed by atoms with van der Waals surface area (Å²) < 4.78 is 18.6. The predicted molar refractivity (Wildman–Crippen MR) is 59.4 cm³/mol. The molecule has 0 aliphatic heterocycles. The normalized spacial score (nSPS) is 9.60. The average molecular weight is 256 g/mol. The maximum Gasteiger partial charge on any atom is 0.420 e. The lowest BCUT2D eigenvalue weighted by Crippen LogP contribution is -2.27. The lowest BCUT2D eigenvalue weighted by molar-refractivity contribution is 0.139. The number of carbonyl (C=O) groups excluding carboxylic acids is 2. The Hall–Kier alpha value is -0.630. The van der Waals surface area contributed by atoms with E-state index in [4.69, 9.17) is 4.74 Å². The van der Waals surface area contributed by atoms with Gasteiger partial charge in [-0.1, -0.05) is 0 Å². The fraction of sp³-hybridized carbons (Fsp3) is 0.714. The summed E-state index contributed by atoms with van der Waals surface area (Å²) >= 11 is 2.18. The quantitative estimate of drug-likeness (QED) is 0.326. The van der Waals surface area contributed by atoms with Crippen molar-refractivity contribution < 1.29 is 18.7 Å². The summed E-state index contributed by atoms with van der Waals surface area (Å²) in [5.74, 6) is 0.697. The van der Waals surface area contributed by atoms with E-state index in [-0.39, 0.29) is 6.61 Å². The topological polar surface area (TPSA) is 49.9 Å². The summed E-state index contributed by atoms with van der Waals surface area (Å²) in [5.41, 5.74) is 0. The smallest absolute Gasteiger partial charge is 0.420 e. The Morgan fingerprint density at radius 3 is 2.40 bits per heavy atom. The van der Waals surface area contributed by atoms with Gasteiger partial charge in [0.05, 0.1) is 12.1 Å². The van der Waals surface area contributed by atoms with Gasteiger partial charge in [0.1, 0.15) is 6.61 Å². The van der Waals surface area contributed by atoms with Crippen molar-refractivity contribution in [3.05, 3.63) is 0 Å². The van der Waals surface area contributed by atoms with E-state index in [0.717, 1.165) is 4.31 Å². The van der Waals surface area contributed by atoms with Crippen LogP contribution in [0.1, 0.15) is 0 Å². The summed E-state index contributed by atoms with van der Waals surface area (Å²) in [4.78, 5) is 21.4. The average Bonchev–Trinajstić information content (AvgIpc) is 2.17. The first kappa shape index (κ1) is 14.4. The van der Waals surface area contributed by atoms with Crippen molar-refractivity contribution in [2.75, 3.05) is 32.7 Å².